The number of unbranched alkanes of at least 4 members (excludes halogenated alkanes) is 1. The van der Waals surface area contributed by atoms with E-state index in [9.17, 15) is 4.79 Å². The largest absolute Gasteiger partial charge is 0.462 e. The van der Waals surface area contributed by atoms with Crippen LogP contribution in [0, 0.1) is 0 Å². The van der Waals surface area contributed by atoms with Crippen molar-refractivity contribution in [1.82, 2.24) is 0 Å². The third-order valence-electron chi connectivity index (χ3n) is 1.66. The van der Waals surface area contributed by atoms with Crippen LogP contribution in [0.3, 0.4) is 0 Å². The van der Waals surface area contributed by atoms with Crippen LogP contribution in [-0.2, 0) is 14.3 Å². The van der Waals surface area contributed by atoms with Gasteiger partial charge in [0.05, 0.1) is 6.61 Å². The average molecular weight is 200 g/mol. The Morgan fingerprint density at radius 1 is 1.21 bits per heavy atom. The van der Waals surface area contributed by atoms with Gasteiger partial charge in [0.15, 0.2) is 0 Å². The number of rotatable bonds is 8. The van der Waals surface area contributed by atoms with Crippen LogP contribution in [0.25, 0.3) is 0 Å². The zero-order valence-corrected chi connectivity index (χ0v) is 9.17. The molecule has 0 fully saturated rings. The minimum atomic E-state index is -0.321. The van der Waals surface area contributed by atoms with Gasteiger partial charge >= 0.3 is 5.97 Å². The van der Waals surface area contributed by atoms with Gasteiger partial charge in [0, 0.05) is 25.2 Å². The topological polar surface area (TPSA) is 35.5 Å². The first kappa shape index (κ1) is 13.2. The van der Waals surface area contributed by atoms with Crippen molar-refractivity contribution in [2.45, 2.75) is 33.1 Å². The number of carbonyl (C=O) groups excluding carboxylic acids is 1. The van der Waals surface area contributed by atoms with E-state index in [1.165, 1.54) is 0 Å². The Kier molecular flexibility index (Phi) is 8.24. The summed E-state index contributed by atoms with van der Waals surface area (Å²) in [5.41, 5.74) is 0.442. The number of hydrogen-bond donors (Lipinski definition) is 0. The fourth-order valence-electron chi connectivity index (χ4n) is 0.798. The van der Waals surface area contributed by atoms with Gasteiger partial charge < -0.3 is 9.47 Å². The number of esters is 1. The summed E-state index contributed by atoms with van der Waals surface area (Å²) >= 11 is 0. The van der Waals surface area contributed by atoms with Crippen LogP contribution in [0.5, 0.6) is 0 Å². The molecule has 0 bridgehead atoms. The highest BCUT2D eigenvalue weighted by atomic mass is 16.5. The fraction of sp³-hybridized carbons (Fsp3) is 0.727. The van der Waals surface area contributed by atoms with E-state index in [2.05, 4.69) is 13.5 Å². The molecule has 0 aliphatic carbocycles. The van der Waals surface area contributed by atoms with Crippen LogP contribution >= 0.6 is 0 Å². The smallest absolute Gasteiger partial charge is 0.333 e. The maximum Gasteiger partial charge on any atom is 0.333 e. The summed E-state index contributed by atoms with van der Waals surface area (Å²) in [7, 11) is 0. The van der Waals surface area contributed by atoms with Gasteiger partial charge in [-0.2, -0.15) is 0 Å². The molecule has 0 N–H and O–H groups in total. The summed E-state index contributed by atoms with van der Waals surface area (Å²) in [6.45, 7) is 9.12. The van der Waals surface area contributed by atoms with Crippen molar-refractivity contribution in [3.8, 4) is 0 Å². The highest BCUT2D eigenvalue weighted by molar-refractivity contribution is 5.86. The van der Waals surface area contributed by atoms with Crippen molar-refractivity contribution in [1.29, 1.82) is 0 Å². The van der Waals surface area contributed by atoms with Crippen molar-refractivity contribution in [2.75, 3.05) is 19.8 Å². The molecule has 0 spiro atoms. The Labute approximate surface area is 86.1 Å². The van der Waals surface area contributed by atoms with E-state index < -0.39 is 0 Å². The third kappa shape index (κ3) is 7.80. The molecule has 0 aromatic carbocycles. The maximum absolute atomic E-state index is 10.9. The Hall–Kier alpha value is -0.830. The zero-order valence-electron chi connectivity index (χ0n) is 9.17. The van der Waals surface area contributed by atoms with E-state index >= 15 is 0 Å². The Morgan fingerprint density at radius 2 is 1.86 bits per heavy atom. The van der Waals surface area contributed by atoms with Crippen molar-refractivity contribution < 1.29 is 14.3 Å². The summed E-state index contributed by atoms with van der Waals surface area (Å²) in [6.07, 6.45) is 2.99. The van der Waals surface area contributed by atoms with E-state index in [4.69, 9.17) is 9.47 Å². The average Bonchev–Trinajstić information content (AvgIpc) is 2.16. The van der Waals surface area contributed by atoms with Gasteiger partial charge in [-0.15, -0.1) is 0 Å². The standard InChI is InChI=1S/C11H20O3/c1-4-5-7-13-8-6-9-14-11(12)10(2)3/h2,4-9H2,1,3H3. The lowest BCUT2D eigenvalue weighted by molar-refractivity contribution is -0.139. The summed E-state index contributed by atoms with van der Waals surface area (Å²) in [5.74, 6) is -0.321. The minimum Gasteiger partial charge on any atom is -0.462 e. The highest BCUT2D eigenvalue weighted by Gasteiger charge is 2.01. The monoisotopic (exact) mass is 200 g/mol. The minimum absolute atomic E-state index is 0.321. The Balaban J connectivity index is 3.13. The van der Waals surface area contributed by atoms with E-state index in [0.717, 1.165) is 25.9 Å². The predicted molar refractivity (Wildman–Crippen MR) is 56.1 cm³/mol. The molecule has 0 saturated heterocycles. The maximum atomic E-state index is 10.9. The summed E-state index contributed by atoms with van der Waals surface area (Å²) in [4.78, 5) is 10.9. The molecule has 0 unspecified atom stereocenters. The van der Waals surface area contributed by atoms with Gasteiger partial charge in [0.25, 0.3) is 0 Å². The molecule has 3 heteroatoms. The summed E-state index contributed by atoms with van der Waals surface area (Å²) in [6, 6.07) is 0. The van der Waals surface area contributed by atoms with Crippen LogP contribution in [0.4, 0.5) is 0 Å². The van der Waals surface area contributed by atoms with Gasteiger partial charge in [-0.05, 0) is 13.3 Å². The first-order valence-electron chi connectivity index (χ1n) is 5.08. The van der Waals surface area contributed by atoms with Gasteiger partial charge in [0.1, 0.15) is 0 Å². The van der Waals surface area contributed by atoms with Gasteiger partial charge in [0.2, 0.25) is 0 Å². The van der Waals surface area contributed by atoms with E-state index in [1.807, 2.05) is 0 Å². The Bertz CT molecular complexity index is 175. The van der Waals surface area contributed by atoms with Crippen LogP contribution in [-0.4, -0.2) is 25.8 Å². The van der Waals surface area contributed by atoms with Gasteiger partial charge in [-0.1, -0.05) is 19.9 Å². The molecular weight excluding hydrogens is 180 g/mol. The molecule has 0 radical (unpaired) electrons. The fourth-order valence-corrected chi connectivity index (χ4v) is 0.798. The molecule has 0 rings (SSSR count). The van der Waals surface area contributed by atoms with Crippen molar-refractivity contribution in [3.63, 3.8) is 0 Å². The van der Waals surface area contributed by atoms with Gasteiger partial charge in [-0.3, -0.25) is 0 Å². The molecule has 0 amide bonds. The number of carbonyl (C=O) groups is 1. The number of hydrogen-bond acceptors (Lipinski definition) is 3. The molecule has 0 heterocycles. The lowest BCUT2D eigenvalue weighted by atomic mass is 10.3. The van der Waals surface area contributed by atoms with Crippen molar-refractivity contribution in [2.24, 2.45) is 0 Å². The van der Waals surface area contributed by atoms with E-state index in [0.29, 0.717) is 18.8 Å². The molecule has 0 atom stereocenters. The van der Waals surface area contributed by atoms with Crippen LogP contribution in [0.15, 0.2) is 12.2 Å². The van der Waals surface area contributed by atoms with Gasteiger partial charge in [-0.25, -0.2) is 4.79 Å². The number of ether oxygens (including phenoxy) is 2. The second-order valence-corrected chi connectivity index (χ2v) is 3.24. The van der Waals surface area contributed by atoms with Crippen LogP contribution < -0.4 is 0 Å². The van der Waals surface area contributed by atoms with E-state index in [-0.39, 0.29) is 5.97 Å². The molecule has 0 aliphatic heterocycles. The van der Waals surface area contributed by atoms with E-state index in [1.54, 1.807) is 6.92 Å². The lowest BCUT2D eigenvalue weighted by Gasteiger charge is -2.04. The second-order valence-electron chi connectivity index (χ2n) is 3.24. The SMILES string of the molecule is C=C(C)C(=O)OCCCOCCCC. The Morgan fingerprint density at radius 3 is 2.43 bits per heavy atom. The van der Waals surface area contributed by atoms with Crippen LogP contribution in [0.2, 0.25) is 0 Å². The van der Waals surface area contributed by atoms with Crippen LogP contribution in [0.1, 0.15) is 33.1 Å². The molecule has 0 aromatic heterocycles. The molecule has 3 nitrogen and oxygen atoms in total. The lowest BCUT2D eigenvalue weighted by Crippen LogP contribution is -2.08. The van der Waals surface area contributed by atoms with Crippen molar-refractivity contribution in [3.05, 3.63) is 12.2 Å². The molecule has 14 heavy (non-hydrogen) atoms. The first-order valence-corrected chi connectivity index (χ1v) is 5.08. The summed E-state index contributed by atoms with van der Waals surface area (Å²) in [5, 5.41) is 0. The highest BCUT2D eigenvalue weighted by Crippen LogP contribution is 1.94. The second kappa shape index (κ2) is 8.75. The van der Waals surface area contributed by atoms with Crippen molar-refractivity contribution >= 4 is 5.97 Å². The quantitative estimate of drug-likeness (QED) is 0.342. The predicted octanol–water partition coefficient (Wildman–Crippen LogP) is 2.31. The molecular formula is C11H20O3. The zero-order chi connectivity index (χ0) is 10.8. The molecule has 82 valence electrons. The summed E-state index contributed by atoms with van der Waals surface area (Å²) < 4.78 is 10.2. The molecule has 0 aromatic rings. The first-order chi connectivity index (χ1) is 6.68. The third-order valence-corrected chi connectivity index (χ3v) is 1.66. The normalized spacial score (nSPS) is 9.86. The molecule has 0 saturated carbocycles. The molecule has 0 aliphatic rings.